The van der Waals surface area contributed by atoms with Crippen LogP contribution >= 0.6 is 0 Å². The van der Waals surface area contributed by atoms with Gasteiger partial charge >= 0.3 is 12.2 Å². The smallest absolute Gasteiger partial charge is 0.408 e. The summed E-state index contributed by atoms with van der Waals surface area (Å²) in [6, 6.07) is 8.58. The topological polar surface area (TPSA) is 115 Å². The summed E-state index contributed by atoms with van der Waals surface area (Å²) >= 11 is 0. The Morgan fingerprint density at radius 2 is 1.81 bits per heavy atom. The second-order valence-corrected chi connectivity index (χ2v) is 9.22. The first kappa shape index (κ1) is 22.7. The van der Waals surface area contributed by atoms with Crippen LogP contribution in [-0.2, 0) is 4.74 Å². The van der Waals surface area contributed by atoms with Crippen LogP contribution in [-0.4, -0.2) is 78.1 Å². The molecular formula is C22H30N4O5. The van der Waals surface area contributed by atoms with Gasteiger partial charge in [0.2, 0.25) is 0 Å². The summed E-state index contributed by atoms with van der Waals surface area (Å²) in [7, 11) is 0. The summed E-state index contributed by atoms with van der Waals surface area (Å²) in [4.78, 5) is 27.3. The number of carbonyl (C=O) groups excluding carboxylic acids is 1. The molecule has 9 nitrogen and oxygen atoms in total. The first-order valence-corrected chi connectivity index (χ1v) is 10.5. The highest BCUT2D eigenvalue weighted by Gasteiger charge is 2.42. The molecule has 2 saturated heterocycles. The largest absolute Gasteiger partial charge is 0.491 e. The lowest BCUT2D eigenvalue weighted by Gasteiger charge is -2.27. The summed E-state index contributed by atoms with van der Waals surface area (Å²) in [6.07, 6.45) is -1.36. The first-order chi connectivity index (χ1) is 14.6. The fraction of sp³-hybridized carbons (Fsp3) is 0.591. The second-order valence-electron chi connectivity index (χ2n) is 9.22. The maximum absolute atomic E-state index is 12.3. The molecule has 1 aromatic carbocycles. The fourth-order valence-electron chi connectivity index (χ4n) is 4.14. The Morgan fingerprint density at radius 1 is 1.19 bits per heavy atom. The Kier molecular flexibility index (Phi) is 6.91. The van der Waals surface area contributed by atoms with E-state index in [9.17, 15) is 14.7 Å². The summed E-state index contributed by atoms with van der Waals surface area (Å²) in [5, 5.41) is 21.0. The summed E-state index contributed by atoms with van der Waals surface area (Å²) < 4.78 is 11.3. The van der Waals surface area contributed by atoms with Gasteiger partial charge in [0.25, 0.3) is 0 Å². The van der Waals surface area contributed by atoms with E-state index in [1.54, 1.807) is 24.3 Å². The van der Waals surface area contributed by atoms with Gasteiger partial charge in [0, 0.05) is 32.7 Å². The molecule has 2 heterocycles. The van der Waals surface area contributed by atoms with Gasteiger partial charge in [0.1, 0.15) is 18.0 Å². The van der Waals surface area contributed by atoms with E-state index in [1.165, 1.54) is 4.90 Å². The number of nitrogens with zero attached hydrogens (tertiary/aromatic N) is 3. The van der Waals surface area contributed by atoms with Crippen molar-refractivity contribution in [2.24, 2.45) is 11.8 Å². The molecule has 9 heteroatoms. The van der Waals surface area contributed by atoms with Gasteiger partial charge in [-0.2, -0.15) is 5.26 Å². The summed E-state index contributed by atoms with van der Waals surface area (Å²) in [6.45, 7) is 8.95. The maximum Gasteiger partial charge on any atom is 0.408 e. The molecule has 168 valence electrons. The second kappa shape index (κ2) is 9.43. The molecule has 3 rings (SSSR count). The Hall–Kier alpha value is -2.99. The van der Waals surface area contributed by atoms with Crippen LogP contribution in [0.1, 0.15) is 26.3 Å². The van der Waals surface area contributed by atoms with E-state index >= 15 is 0 Å². The number of fused-ring (bicyclic) bond motifs is 1. The van der Waals surface area contributed by atoms with E-state index in [1.807, 2.05) is 20.8 Å². The lowest BCUT2D eigenvalue weighted by molar-refractivity contribution is 0.0472. The SMILES string of the molecule is CC(C)(C)OC(=O)N[C@H](COc1ccc(C#N)cc1)CN1CC2CN(C(=O)O)CC2C1. The minimum absolute atomic E-state index is 0.248. The molecule has 2 amide bonds. The van der Waals surface area contributed by atoms with Crippen LogP contribution in [0, 0.1) is 23.2 Å². The predicted molar refractivity (Wildman–Crippen MR) is 113 cm³/mol. The number of likely N-dealkylation sites (tertiary alicyclic amines) is 2. The summed E-state index contributed by atoms with van der Waals surface area (Å²) in [5.41, 5.74) is -0.0529. The van der Waals surface area contributed by atoms with Crippen molar-refractivity contribution in [3.05, 3.63) is 29.8 Å². The number of amides is 2. The zero-order valence-corrected chi connectivity index (χ0v) is 18.2. The molecule has 3 atom stereocenters. The van der Waals surface area contributed by atoms with Gasteiger partial charge in [0.05, 0.1) is 17.7 Å². The number of nitriles is 1. The molecule has 1 aromatic rings. The minimum atomic E-state index is -0.860. The number of nitrogens with one attached hydrogen (secondary N) is 1. The van der Waals surface area contributed by atoms with Crippen LogP contribution in [0.15, 0.2) is 24.3 Å². The molecule has 2 aliphatic heterocycles. The number of alkyl carbamates (subject to hydrolysis) is 1. The van der Waals surface area contributed by atoms with Gasteiger partial charge < -0.3 is 29.7 Å². The normalized spacial score (nSPS) is 21.8. The molecule has 31 heavy (non-hydrogen) atoms. The zero-order valence-electron chi connectivity index (χ0n) is 18.2. The van der Waals surface area contributed by atoms with Crippen molar-refractivity contribution < 1.29 is 24.2 Å². The molecule has 0 radical (unpaired) electrons. The van der Waals surface area contributed by atoms with Crippen molar-refractivity contribution in [2.45, 2.75) is 32.4 Å². The molecule has 2 N–H and O–H groups in total. The molecule has 0 saturated carbocycles. The van der Waals surface area contributed by atoms with Crippen molar-refractivity contribution in [3.63, 3.8) is 0 Å². The lowest BCUT2D eigenvalue weighted by Crippen LogP contribution is -2.48. The Bertz CT molecular complexity index is 816. The van der Waals surface area contributed by atoms with Crippen LogP contribution in [0.4, 0.5) is 9.59 Å². The number of ether oxygens (including phenoxy) is 2. The molecule has 0 aliphatic carbocycles. The van der Waals surface area contributed by atoms with E-state index in [0.717, 1.165) is 13.1 Å². The van der Waals surface area contributed by atoms with Crippen LogP contribution in [0.5, 0.6) is 5.75 Å². The Morgan fingerprint density at radius 3 is 2.32 bits per heavy atom. The monoisotopic (exact) mass is 430 g/mol. The van der Waals surface area contributed by atoms with Crippen molar-refractivity contribution in [1.82, 2.24) is 15.1 Å². The standard InChI is InChI=1S/C22H30N4O5/c1-22(2,3)31-20(27)24-18(14-30-19-6-4-15(8-23)5-7-19)13-25-9-16-11-26(21(28)29)12-17(16)10-25/h4-7,16-18H,9-14H2,1-3H3,(H,24,27)(H,28,29)/t16?,17?,18-/m0/s1. The third-order valence-electron chi connectivity index (χ3n) is 5.47. The highest BCUT2D eigenvalue weighted by atomic mass is 16.6. The van der Waals surface area contributed by atoms with Gasteiger partial charge in [-0.15, -0.1) is 0 Å². The molecule has 2 aliphatic rings. The van der Waals surface area contributed by atoms with Gasteiger partial charge in [-0.1, -0.05) is 0 Å². The van der Waals surface area contributed by atoms with Gasteiger partial charge in [-0.05, 0) is 56.9 Å². The molecular weight excluding hydrogens is 400 g/mol. The lowest BCUT2D eigenvalue weighted by atomic mass is 10.0. The Labute approximate surface area is 182 Å². The highest BCUT2D eigenvalue weighted by molar-refractivity contribution is 5.68. The highest BCUT2D eigenvalue weighted by Crippen LogP contribution is 2.31. The number of benzene rings is 1. The molecule has 2 fully saturated rings. The third kappa shape index (κ3) is 6.49. The van der Waals surface area contributed by atoms with E-state index < -0.39 is 17.8 Å². The number of hydrogen-bond acceptors (Lipinski definition) is 6. The average molecular weight is 431 g/mol. The van der Waals surface area contributed by atoms with Crippen molar-refractivity contribution in [1.29, 1.82) is 5.26 Å². The van der Waals surface area contributed by atoms with Gasteiger partial charge in [-0.25, -0.2) is 9.59 Å². The van der Waals surface area contributed by atoms with Crippen molar-refractivity contribution in [2.75, 3.05) is 39.3 Å². The number of carboxylic acid groups (broad SMARTS) is 1. The van der Waals surface area contributed by atoms with Crippen LogP contribution < -0.4 is 10.1 Å². The molecule has 0 aromatic heterocycles. The first-order valence-electron chi connectivity index (χ1n) is 10.5. The van der Waals surface area contributed by atoms with E-state index in [2.05, 4.69) is 16.3 Å². The summed E-state index contributed by atoms with van der Waals surface area (Å²) in [5.74, 6) is 1.25. The van der Waals surface area contributed by atoms with E-state index in [0.29, 0.717) is 42.8 Å². The number of rotatable bonds is 6. The number of hydrogen-bond donors (Lipinski definition) is 2. The van der Waals surface area contributed by atoms with Gasteiger partial charge in [0.15, 0.2) is 0 Å². The third-order valence-corrected chi connectivity index (χ3v) is 5.47. The predicted octanol–water partition coefficient (Wildman–Crippen LogP) is 2.37. The van der Waals surface area contributed by atoms with Gasteiger partial charge in [-0.3, -0.25) is 0 Å². The quantitative estimate of drug-likeness (QED) is 0.712. The maximum atomic E-state index is 12.3. The minimum Gasteiger partial charge on any atom is -0.491 e. The molecule has 0 bridgehead atoms. The zero-order chi connectivity index (χ0) is 22.6. The Balaban J connectivity index is 1.58. The van der Waals surface area contributed by atoms with Crippen LogP contribution in [0.25, 0.3) is 0 Å². The van der Waals surface area contributed by atoms with Crippen LogP contribution in [0.2, 0.25) is 0 Å². The van der Waals surface area contributed by atoms with Crippen molar-refractivity contribution in [3.8, 4) is 11.8 Å². The number of carbonyl (C=O) groups is 2. The fourth-order valence-corrected chi connectivity index (χ4v) is 4.14. The average Bonchev–Trinajstić information content (AvgIpc) is 3.23. The van der Waals surface area contributed by atoms with E-state index in [4.69, 9.17) is 14.7 Å². The molecule has 0 spiro atoms. The molecule has 2 unspecified atom stereocenters. The van der Waals surface area contributed by atoms with Crippen LogP contribution in [0.3, 0.4) is 0 Å². The van der Waals surface area contributed by atoms with E-state index in [-0.39, 0.29) is 12.6 Å². The van der Waals surface area contributed by atoms with Crippen molar-refractivity contribution >= 4 is 12.2 Å².